The molecule has 4 rings (SSSR count). The number of fused-ring (bicyclic) bond motifs is 1. The SMILES string of the molecule is c1ccc(C(CCON2CCc3ccccc32)N2CCNCC2)cc1. The third kappa shape index (κ3) is 3.87. The van der Waals surface area contributed by atoms with Crippen molar-refractivity contribution in [1.82, 2.24) is 10.2 Å². The monoisotopic (exact) mass is 337 g/mol. The highest BCUT2D eigenvalue weighted by Gasteiger charge is 2.23. The third-order valence-corrected chi connectivity index (χ3v) is 5.26. The fourth-order valence-corrected chi connectivity index (χ4v) is 3.95. The number of piperazine rings is 1. The van der Waals surface area contributed by atoms with Gasteiger partial charge < -0.3 is 5.32 Å². The molecule has 25 heavy (non-hydrogen) atoms. The van der Waals surface area contributed by atoms with E-state index in [4.69, 9.17) is 4.84 Å². The van der Waals surface area contributed by atoms with Crippen molar-refractivity contribution in [2.24, 2.45) is 0 Å². The van der Waals surface area contributed by atoms with E-state index in [-0.39, 0.29) is 0 Å². The smallest absolute Gasteiger partial charge is 0.0766 e. The standard InChI is InChI=1S/C21H27N3O/c1-2-6-18(7-3-1)20(23-15-12-22-13-16-23)11-17-25-24-14-10-19-8-4-5-9-21(19)24/h1-9,20,22H,10-17H2. The van der Waals surface area contributed by atoms with Crippen LogP contribution in [0.1, 0.15) is 23.6 Å². The van der Waals surface area contributed by atoms with Gasteiger partial charge in [0.25, 0.3) is 0 Å². The van der Waals surface area contributed by atoms with Gasteiger partial charge in [-0.1, -0.05) is 48.5 Å². The van der Waals surface area contributed by atoms with Crippen LogP contribution in [0.15, 0.2) is 54.6 Å². The van der Waals surface area contributed by atoms with Gasteiger partial charge in [0.15, 0.2) is 0 Å². The van der Waals surface area contributed by atoms with Gasteiger partial charge in [0, 0.05) is 38.8 Å². The van der Waals surface area contributed by atoms with Gasteiger partial charge >= 0.3 is 0 Å². The topological polar surface area (TPSA) is 27.7 Å². The number of para-hydroxylation sites is 1. The molecule has 0 amide bonds. The molecule has 1 N–H and O–H groups in total. The van der Waals surface area contributed by atoms with Crippen LogP contribution in [-0.4, -0.2) is 44.2 Å². The molecule has 2 aliphatic heterocycles. The second-order valence-electron chi connectivity index (χ2n) is 6.82. The van der Waals surface area contributed by atoms with Crippen molar-refractivity contribution in [3.63, 3.8) is 0 Å². The molecule has 1 saturated heterocycles. The highest BCUT2D eigenvalue weighted by Crippen LogP contribution is 2.29. The summed E-state index contributed by atoms with van der Waals surface area (Å²) in [5.74, 6) is 0. The molecule has 1 atom stereocenters. The van der Waals surface area contributed by atoms with E-state index in [2.05, 4.69) is 69.9 Å². The molecule has 0 aromatic heterocycles. The summed E-state index contributed by atoms with van der Waals surface area (Å²) in [6.45, 7) is 6.06. The van der Waals surface area contributed by atoms with Crippen LogP contribution in [0.25, 0.3) is 0 Å². The summed E-state index contributed by atoms with van der Waals surface area (Å²) in [6, 6.07) is 19.9. The van der Waals surface area contributed by atoms with Crippen LogP contribution in [0.5, 0.6) is 0 Å². The Morgan fingerprint density at radius 1 is 0.920 bits per heavy atom. The zero-order chi connectivity index (χ0) is 16.9. The van der Waals surface area contributed by atoms with E-state index in [1.165, 1.54) is 16.8 Å². The van der Waals surface area contributed by atoms with Crippen LogP contribution in [0, 0.1) is 0 Å². The minimum Gasteiger partial charge on any atom is -0.314 e. The summed E-state index contributed by atoms with van der Waals surface area (Å²) in [4.78, 5) is 8.75. The lowest BCUT2D eigenvalue weighted by molar-refractivity contribution is 0.0780. The van der Waals surface area contributed by atoms with Crippen LogP contribution >= 0.6 is 0 Å². The van der Waals surface area contributed by atoms with E-state index < -0.39 is 0 Å². The maximum Gasteiger partial charge on any atom is 0.0766 e. The first-order chi connectivity index (χ1) is 12.4. The summed E-state index contributed by atoms with van der Waals surface area (Å²) < 4.78 is 0. The number of nitrogens with zero attached hydrogens (tertiary/aromatic N) is 2. The maximum atomic E-state index is 6.16. The van der Waals surface area contributed by atoms with Gasteiger partial charge in [-0.05, 0) is 30.0 Å². The zero-order valence-corrected chi connectivity index (χ0v) is 14.7. The molecule has 2 aromatic carbocycles. The lowest BCUT2D eigenvalue weighted by Crippen LogP contribution is -2.45. The summed E-state index contributed by atoms with van der Waals surface area (Å²) >= 11 is 0. The van der Waals surface area contributed by atoms with Crippen LogP contribution in [0.3, 0.4) is 0 Å². The van der Waals surface area contributed by atoms with Gasteiger partial charge in [-0.25, -0.2) is 0 Å². The largest absolute Gasteiger partial charge is 0.314 e. The van der Waals surface area contributed by atoms with E-state index >= 15 is 0 Å². The molecule has 0 saturated carbocycles. The first kappa shape index (κ1) is 16.6. The Morgan fingerprint density at radius 3 is 2.52 bits per heavy atom. The third-order valence-electron chi connectivity index (χ3n) is 5.26. The second-order valence-corrected chi connectivity index (χ2v) is 6.82. The number of hydroxylamine groups is 1. The molecule has 0 bridgehead atoms. The second kappa shape index (κ2) is 8.00. The Hall–Kier alpha value is -1.88. The fraction of sp³-hybridized carbons (Fsp3) is 0.429. The van der Waals surface area contributed by atoms with Gasteiger partial charge in [-0.15, -0.1) is 0 Å². The lowest BCUT2D eigenvalue weighted by Gasteiger charge is -2.35. The van der Waals surface area contributed by atoms with Crippen molar-refractivity contribution in [1.29, 1.82) is 0 Å². The van der Waals surface area contributed by atoms with Crippen LogP contribution < -0.4 is 10.4 Å². The molecule has 1 fully saturated rings. The molecule has 4 nitrogen and oxygen atoms in total. The predicted octanol–water partition coefficient (Wildman–Crippen LogP) is 3.02. The molecule has 132 valence electrons. The molecule has 4 heteroatoms. The molecule has 2 aliphatic rings. The Labute approximate surface area is 150 Å². The number of anilines is 1. The summed E-state index contributed by atoms with van der Waals surface area (Å²) in [6.07, 6.45) is 2.10. The van der Waals surface area contributed by atoms with Gasteiger partial charge in [0.1, 0.15) is 0 Å². The van der Waals surface area contributed by atoms with Gasteiger partial charge in [0.05, 0.1) is 12.3 Å². The van der Waals surface area contributed by atoms with Crippen molar-refractivity contribution < 1.29 is 4.84 Å². The van der Waals surface area contributed by atoms with Crippen molar-refractivity contribution in [2.45, 2.75) is 18.9 Å². The van der Waals surface area contributed by atoms with E-state index in [1.54, 1.807) is 0 Å². The number of hydrogen-bond donors (Lipinski definition) is 1. The van der Waals surface area contributed by atoms with E-state index in [9.17, 15) is 0 Å². The molecule has 0 radical (unpaired) electrons. The Kier molecular flexibility index (Phi) is 5.31. The van der Waals surface area contributed by atoms with Gasteiger partial charge in [0.2, 0.25) is 0 Å². The molecule has 2 aromatic rings. The van der Waals surface area contributed by atoms with Crippen LogP contribution in [0.4, 0.5) is 5.69 Å². The van der Waals surface area contributed by atoms with E-state index in [0.29, 0.717) is 6.04 Å². The highest BCUT2D eigenvalue weighted by molar-refractivity contribution is 5.55. The fourth-order valence-electron chi connectivity index (χ4n) is 3.95. The minimum absolute atomic E-state index is 0.432. The average Bonchev–Trinajstić information content (AvgIpc) is 3.10. The molecule has 2 heterocycles. The molecular formula is C21H27N3O. The maximum absolute atomic E-state index is 6.16. The van der Waals surface area contributed by atoms with Crippen LogP contribution in [-0.2, 0) is 11.3 Å². The van der Waals surface area contributed by atoms with Gasteiger partial charge in [-0.2, -0.15) is 0 Å². The van der Waals surface area contributed by atoms with E-state index in [0.717, 1.165) is 52.2 Å². The lowest BCUT2D eigenvalue weighted by atomic mass is 10.0. The summed E-state index contributed by atoms with van der Waals surface area (Å²) in [5, 5.41) is 5.53. The summed E-state index contributed by atoms with van der Waals surface area (Å²) in [7, 11) is 0. The van der Waals surface area contributed by atoms with E-state index in [1.807, 2.05) is 0 Å². The Balaban J connectivity index is 1.39. The quantitative estimate of drug-likeness (QED) is 0.877. The first-order valence-electron chi connectivity index (χ1n) is 9.40. The Bertz CT molecular complexity index is 670. The van der Waals surface area contributed by atoms with Crippen molar-refractivity contribution in [3.8, 4) is 0 Å². The number of hydrogen-bond acceptors (Lipinski definition) is 4. The number of nitrogens with one attached hydrogen (secondary N) is 1. The molecule has 0 aliphatic carbocycles. The number of rotatable bonds is 6. The first-order valence-corrected chi connectivity index (χ1v) is 9.40. The highest BCUT2D eigenvalue weighted by atomic mass is 16.7. The number of benzene rings is 2. The normalized spacial score (nSPS) is 19.0. The Morgan fingerprint density at radius 2 is 1.68 bits per heavy atom. The molecule has 0 spiro atoms. The van der Waals surface area contributed by atoms with Crippen LogP contribution in [0.2, 0.25) is 0 Å². The minimum atomic E-state index is 0.432. The average molecular weight is 337 g/mol. The molecular weight excluding hydrogens is 310 g/mol. The predicted molar refractivity (Wildman–Crippen MR) is 102 cm³/mol. The zero-order valence-electron chi connectivity index (χ0n) is 14.7. The van der Waals surface area contributed by atoms with Crippen molar-refractivity contribution in [3.05, 3.63) is 65.7 Å². The molecule has 1 unspecified atom stereocenters. The van der Waals surface area contributed by atoms with Gasteiger partial charge in [-0.3, -0.25) is 14.8 Å². The van der Waals surface area contributed by atoms with Crippen molar-refractivity contribution in [2.75, 3.05) is 44.4 Å². The summed E-state index contributed by atoms with van der Waals surface area (Å²) in [5.41, 5.74) is 4.03. The van der Waals surface area contributed by atoms with Crippen molar-refractivity contribution >= 4 is 5.69 Å².